The number of aryl methyl sites for hydroxylation is 1. The fourth-order valence-electron chi connectivity index (χ4n) is 1.78. The number of halogens is 1. The molecule has 0 heterocycles. The van der Waals surface area contributed by atoms with Crippen LogP contribution in [0.1, 0.15) is 21.5 Å². The molecule has 2 aromatic rings. The van der Waals surface area contributed by atoms with Gasteiger partial charge < -0.3 is 15.6 Å². The number of carboxylic acids is 1. The molecule has 0 bridgehead atoms. The summed E-state index contributed by atoms with van der Waals surface area (Å²) in [5, 5.41) is 17.7. The van der Waals surface area contributed by atoms with Crippen LogP contribution < -0.4 is 10.5 Å². The number of carboxylic acid groups (broad SMARTS) is 1. The van der Waals surface area contributed by atoms with Crippen molar-refractivity contribution in [3.63, 3.8) is 0 Å². The molecule has 0 aliphatic carbocycles. The molecule has 0 spiro atoms. The van der Waals surface area contributed by atoms with Crippen LogP contribution in [0, 0.1) is 24.1 Å². The first-order valence-electron chi connectivity index (χ1n) is 5.93. The van der Waals surface area contributed by atoms with Crippen LogP contribution in [0.5, 0.6) is 11.5 Å². The average Bonchev–Trinajstić information content (AvgIpc) is 2.44. The number of nitrogens with zero attached hydrogens (tertiary/aromatic N) is 1. The van der Waals surface area contributed by atoms with Gasteiger partial charge in [0.15, 0.2) is 11.6 Å². The Kier molecular flexibility index (Phi) is 3.76. The number of nitrogens with two attached hydrogens (primary N) is 1. The van der Waals surface area contributed by atoms with Crippen LogP contribution in [-0.4, -0.2) is 11.1 Å². The third kappa shape index (κ3) is 2.92. The summed E-state index contributed by atoms with van der Waals surface area (Å²) in [7, 11) is 0. The molecule has 0 aliphatic rings. The Labute approximate surface area is 120 Å². The third-order valence-corrected chi connectivity index (χ3v) is 2.88. The van der Waals surface area contributed by atoms with Crippen molar-refractivity contribution in [2.24, 2.45) is 0 Å². The highest BCUT2D eigenvalue weighted by atomic mass is 19.1. The van der Waals surface area contributed by atoms with E-state index in [1.807, 2.05) is 6.07 Å². The van der Waals surface area contributed by atoms with Crippen LogP contribution in [0.25, 0.3) is 0 Å². The maximum Gasteiger partial charge on any atom is 0.337 e. The van der Waals surface area contributed by atoms with Crippen molar-refractivity contribution in [1.82, 2.24) is 0 Å². The molecular formula is C15H11FN2O3. The lowest BCUT2D eigenvalue weighted by molar-refractivity contribution is 0.0697. The molecule has 106 valence electrons. The number of carbonyl (C=O) groups is 1. The minimum absolute atomic E-state index is 0.102. The number of hydrogen-bond donors (Lipinski definition) is 2. The van der Waals surface area contributed by atoms with Crippen LogP contribution in [0.15, 0.2) is 30.3 Å². The molecule has 2 rings (SSSR count). The van der Waals surface area contributed by atoms with Crippen LogP contribution in [0.2, 0.25) is 0 Å². The highest BCUT2D eigenvalue weighted by Crippen LogP contribution is 2.30. The predicted molar refractivity (Wildman–Crippen MR) is 73.7 cm³/mol. The van der Waals surface area contributed by atoms with Gasteiger partial charge in [-0.3, -0.25) is 0 Å². The molecule has 3 N–H and O–H groups in total. The summed E-state index contributed by atoms with van der Waals surface area (Å²) in [6, 6.07) is 8.30. The topological polar surface area (TPSA) is 96.3 Å². The molecule has 6 heteroatoms. The summed E-state index contributed by atoms with van der Waals surface area (Å²) in [4.78, 5) is 11.1. The SMILES string of the molecule is Cc1cc(Oc2ccc(C#N)cc2F)cc(C(=O)O)c1N. The van der Waals surface area contributed by atoms with Crippen molar-refractivity contribution in [1.29, 1.82) is 5.26 Å². The summed E-state index contributed by atoms with van der Waals surface area (Å²) in [5.41, 5.74) is 6.37. The molecule has 0 unspecified atom stereocenters. The summed E-state index contributed by atoms with van der Waals surface area (Å²) < 4.78 is 19.1. The normalized spacial score (nSPS) is 9.95. The quantitative estimate of drug-likeness (QED) is 0.845. The van der Waals surface area contributed by atoms with Gasteiger partial charge in [0.1, 0.15) is 5.75 Å². The standard InChI is InChI=1S/C15H11FN2O3/c1-8-4-10(6-11(14(8)18)15(19)20)21-13-3-2-9(7-17)5-12(13)16/h2-6H,18H2,1H3,(H,19,20). The second-order valence-corrected chi connectivity index (χ2v) is 4.37. The molecule has 0 atom stereocenters. The van der Waals surface area contributed by atoms with Crippen molar-refractivity contribution in [2.45, 2.75) is 6.92 Å². The second kappa shape index (κ2) is 5.51. The molecule has 0 amide bonds. The molecule has 21 heavy (non-hydrogen) atoms. The lowest BCUT2D eigenvalue weighted by Gasteiger charge is -2.11. The van der Waals surface area contributed by atoms with Crippen molar-refractivity contribution in [2.75, 3.05) is 5.73 Å². The molecule has 0 radical (unpaired) electrons. The van der Waals surface area contributed by atoms with E-state index in [4.69, 9.17) is 20.8 Å². The monoisotopic (exact) mass is 286 g/mol. The number of rotatable bonds is 3. The minimum Gasteiger partial charge on any atom is -0.478 e. The first-order chi connectivity index (χ1) is 9.92. The maximum absolute atomic E-state index is 13.7. The van der Waals surface area contributed by atoms with Gasteiger partial charge >= 0.3 is 5.97 Å². The molecule has 0 aromatic heterocycles. The molecular weight excluding hydrogens is 275 g/mol. The van der Waals surface area contributed by atoms with Gasteiger partial charge in [-0.05, 0) is 42.8 Å². The van der Waals surface area contributed by atoms with Crippen LogP contribution in [-0.2, 0) is 0 Å². The van der Waals surface area contributed by atoms with Gasteiger partial charge in [0, 0.05) is 5.69 Å². The van der Waals surface area contributed by atoms with Gasteiger partial charge in [-0.1, -0.05) is 0 Å². The van der Waals surface area contributed by atoms with E-state index in [2.05, 4.69) is 0 Å². The first-order valence-corrected chi connectivity index (χ1v) is 5.93. The van der Waals surface area contributed by atoms with Gasteiger partial charge in [-0.2, -0.15) is 5.26 Å². The molecule has 0 saturated heterocycles. The van der Waals surface area contributed by atoms with E-state index < -0.39 is 11.8 Å². The lowest BCUT2D eigenvalue weighted by atomic mass is 10.1. The number of anilines is 1. The van der Waals surface area contributed by atoms with E-state index in [-0.39, 0.29) is 28.3 Å². The first kappa shape index (κ1) is 14.3. The van der Waals surface area contributed by atoms with E-state index in [0.717, 1.165) is 6.07 Å². The number of hydrogen-bond acceptors (Lipinski definition) is 4. The molecule has 0 saturated carbocycles. The number of benzene rings is 2. The zero-order chi connectivity index (χ0) is 15.6. The van der Waals surface area contributed by atoms with Crippen molar-refractivity contribution in [3.05, 3.63) is 52.8 Å². The van der Waals surface area contributed by atoms with Crippen molar-refractivity contribution >= 4 is 11.7 Å². The summed E-state index contributed by atoms with van der Waals surface area (Å²) in [6.07, 6.45) is 0. The van der Waals surface area contributed by atoms with Crippen LogP contribution in [0.3, 0.4) is 0 Å². The zero-order valence-electron chi connectivity index (χ0n) is 11.1. The Balaban J connectivity index is 2.41. The van der Waals surface area contributed by atoms with E-state index >= 15 is 0 Å². The van der Waals surface area contributed by atoms with E-state index in [1.54, 1.807) is 6.92 Å². The number of ether oxygens (including phenoxy) is 1. The number of nitrogen functional groups attached to an aromatic ring is 1. The fourth-order valence-corrected chi connectivity index (χ4v) is 1.78. The molecule has 0 fully saturated rings. The Morgan fingerprint density at radius 1 is 1.38 bits per heavy atom. The lowest BCUT2D eigenvalue weighted by Crippen LogP contribution is -2.04. The zero-order valence-corrected chi connectivity index (χ0v) is 11.1. The van der Waals surface area contributed by atoms with Gasteiger partial charge in [0.2, 0.25) is 0 Å². The fraction of sp³-hybridized carbons (Fsp3) is 0.0667. The predicted octanol–water partition coefficient (Wildman–Crippen LogP) is 3.08. The van der Waals surface area contributed by atoms with E-state index in [1.165, 1.54) is 24.3 Å². The van der Waals surface area contributed by atoms with Gasteiger partial charge in [-0.15, -0.1) is 0 Å². The summed E-state index contributed by atoms with van der Waals surface area (Å²) in [5.74, 6) is -1.85. The Bertz CT molecular complexity index is 766. The van der Waals surface area contributed by atoms with E-state index in [0.29, 0.717) is 5.56 Å². The average molecular weight is 286 g/mol. The van der Waals surface area contributed by atoms with Gasteiger partial charge in [0.05, 0.1) is 17.2 Å². The molecule has 0 aliphatic heterocycles. The highest BCUT2D eigenvalue weighted by Gasteiger charge is 2.14. The third-order valence-electron chi connectivity index (χ3n) is 2.88. The van der Waals surface area contributed by atoms with Crippen molar-refractivity contribution < 1.29 is 19.0 Å². The Morgan fingerprint density at radius 3 is 2.67 bits per heavy atom. The largest absolute Gasteiger partial charge is 0.478 e. The van der Waals surface area contributed by atoms with Crippen molar-refractivity contribution in [3.8, 4) is 17.6 Å². The highest BCUT2D eigenvalue weighted by molar-refractivity contribution is 5.95. The Morgan fingerprint density at radius 2 is 2.10 bits per heavy atom. The van der Waals surface area contributed by atoms with Gasteiger partial charge in [0.25, 0.3) is 0 Å². The van der Waals surface area contributed by atoms with Crippen LogP contribution >= 0.6 is 0 Å². The second-order valence-electron chi connectivity index (χ2n) is 4.37. The number of aromatic carboxylic acids is 1. The summed E-state index contributed by atoms with van der Waals surface area (Å²) >= 11 is 0. The molecule has 5 nitrogen and oxygen atoms in total. The molecule has 2 aromatic carbocycles. The number of nitriles is 1. The smallest absolute Gasteiger partial charge is 0.337 e. The minimum atomic E-state index is -1.19. The van der Waals surface area contributed by atoms with Crippen LogP contribution in [0.4, 0.5) is 10.1 Å². The summed E-state index contributed by atoms with van der Waals surface area (Å²) in [6.45, 7) is 1.63. The Hall–Kier alpha value is -3.07. The van der Waals surface area contributed by atoms with Gasteiger partial charge in [-0.25, -0.2) is 9.18 Å². The maximum atomic E-state index is 13.7. The van der Waals surface area contributed by atoms with E-state index in [9.17, 15) is 9.18 Å².